The maximum absolute atomic E-state index is 8.81. The van der Waals surface area contributed by atoms with E-state index in [9.17, 15) is 0 Å². The number of aliphatic hydroxyl groups excluding tert-OH is 1. The zero-order valence-corrected chi connectivity index (χ0v) is 10.3. The topological polar surface area (TPSA) is 73.3 Å². The van der Waals surface area contributed by atoms with Gasteiger partial charge in [-0.15, -0.1) is 0 Å². The third-order valence-electron chi connectivity index (χ3n) is 2.75. The first-order valence-corrected chi connectivity index (χ1v) is 5.94. The number of nitrogens with zero attached hydrogens (tertiary/aromatic N) is 1. The standard InChI is InChI=1S/C13H21N3O/c1-2-16(8-3-9-17)10-11-4-6-12(7-5-11)13(14)15/h4-7,17H,2-3,8-10H2,1H3,(H3,14,15). The van der Waals surface area contributed by atoms with Crippen LogP contribution in [0.4, 0.5) is 0 Å². The van der Waals surface area contributed by atoms with E-state index in [1.54, 1.807) is 0 Å². The number of nitrogens with two attached hydrogens (primary N) is 1. The quantitative estimate of drug-likeness (QED) is 0.491. The Morgan fingerprint density at radius 3 is 2.47 bits per heavy atom. The van der Waals surface area contributed by atoms with Crippen molar-refractivity contribution in [3.63, 3.8) is 0 Å². The van der Waals surface area contributed by atoms with Crippen molar-refractivity contribution in [2.75, 3.05) is 19.7 Å². The highest BCUT2D eigenvalue weighted by Gasteiger charge is 2.03. The van der Waals surface area contributed by atoms with Crippen LogP contribution in [0.2, 0.25) is 0 Å². The van der Waals surface area contributed by atoms with Crippen LogP contribution in [0.3, 0.4) is 0 Å². The van der Waals surface area contributed by atoms with Gasteiger partial charge in [-0.2, -0.15) is 0 Å². The number of hydrogen-bond acceptors (Lipinski definition) is 3. The normalized spacial score (nSPS) is 10.8. The number of hydrogen-bond donors (Lipinski definition) is 3. The largest absolute Gasteiger partial charge is 0.396 e. The summed E-state index contributed by atoms with van der Waals surface area (Å²) in [5, 5.41) is 16.1. The molecule has 0 heterocycles. The first-order chi connectivity index (χ1) is 8.17. The Balaban J connectivity index is 2.57. The Hall–Kier alpha value is -1.39. The first kappa shape index (κ1) is 13.7. The van der Waals surface area contributed by atoms with Crippen molar-refractivity contribution >= 4 is 5.84 Å². The Morgan fingerprint density at radius 1 is 1.35 bits per heavy atom. The molecule has 94 valence electrons. The van der Waals surface area contributed by atoms with Crippen LogP contribution in [-0.2, 0) is 6.54 Å². The molecule has 0 aliphatic rings. The molecule has 0 amide bonds. The molecule has 1 aromatic carbocycles. The van der Waals surface area contributed by atoms with Gasteiger partial charge in [0.2, 0.25) is 0 Å². The fraction of sp³-hybridized carbons (Fsp3) is 0.462. The molecule has 17 heavy (non-hydrogen) atoms. The van der Waals surface area contributed by atoms with Crippen LogP contribution in [0.15, 0.2) is 24.3 Å². The summed E-state index contributed by atoms with van der Waals surface area (Å²) in [6, 6.07) is 7.74. The minimum absolute atomic E-state index is 0.101. The van der Waals surface area contributed by atoms with E-state index in [1.165, 1.54) is 5.56 Å². The highest BCUT2D eigenvalue weighted by molar-refractivity contribution is 5.94. The van der Waals surface area contributed by atoms with Crippen LogP contribution in [0.5, 0.6) is 0 Å². The second-order valence-electron chi connectivity index (χ2n) is 4.06. The zero-order valence-electron chi connectivity index (χ0n) is 10.3. The molecule has 0 saturated carbocycles. The van der Waals surface area contributed by atoms with Gasteiger partial charge in [-0.25, -0.2) is 0 Å². The molecule has 4 N–H and O–H groups in total. The molecule has 1 aromatic rings. The smallest absolute Gasteiger partial charge is 0.122 e. The van der Waals surface area contributed by atoms with Crippen molar-refractivity contribution in [2.45, 2.75) is 19.9 Å². The van der Waals surface area contributed by atoms with E-state index in [1.807, 2.05) is 24.3 Å². The summed E-state index contributed by atoms with van der Waals surface area (Å²) < 4.78 is 0. The van der Waals surface area contributed by atoms with Crippen molar-refractivity contribution in [2.24, 2.45) is 5.73 Å². The average Bonchev–Trinajstić information content (AvgIpc) is 2.35. The molecule has 0 saturated heterocycles. The van der Waals surface area contributed by atoms with Crippen LogP contribution >= 0.6 is 0 Å². The lowest BCUT2D eigenvalue weighted by atomic mass is 10.1. The first-order valence-electron chi connectivity index (χ1n) is 5.94. The molecule has 0 aliphatic carbocycles. The summed E-state index contributed by atoms with van der Waals surface area (Å²) in [6.07, 6.45) is 0.805. The molecule has 0 unspecified atom stereocenters. The van der Waals surface area contributed by atoms with E-state index in [-0.39, 0.29) is 12.4 Å². The Bertz CT molecular complexity index is 348. The van der Waals surface area contributed by atoms with Gasteiger partial charge in [-0.1, -0.05) is 31.2 Å². The Kier molecular flexibility index (Phi) is 5.66. The molecule has 0 radical (unpaired) electrons. The summed E-state index contributed by atoms with van der Waals surface area (Å²) in [5.74, 6) is 0.101. The van der Waals surface area contributed by atoms with Gasteiger partial charge in [0.25, 0.3) is 0 Å². The Labute approximate surface area is 103 Å². The molecule has 0 aromatic heterocycles. The van der Waals surface area contributed by atoms with Crippen molar-refractivity contribution in [3.8, 4) is 0 Å². The van der Waals surface area contributed by atoms with Crippen molar-refractivity contribution in [1.82, 2.24) is 4.90 Å². The van der Waals surface area contributed by atoms with E-state index < -0.39 is 0 Å². The number of nitrogens with one attached hydrogen (secondary N) is 1. The maximum Gasteiger partial charge on any atom is 0.122 e. The minimum atomic E-state index is 0.101. The SMILES string of the molecule is CCN(CCCO)Cc1ccc(C(=N)N)cc1. The average molecular weight is 235 g/mol. The van der Waals surface area contributed by atoms with Crippen molar-refractivity contribution in [3.05, 3.63) is 35.4 Å². The summed E-state index contributed by atoms with van der Waals surface area (Å²) in [6.45, 7) is 5.09. The number of nitrogen functional groups attached to an aromatic ring is 1. The van der Waals surface area contributed by atoms with E-state index in [0.717, 1.165) is 31.6 Å². The maximum atomic E-state index is 8.81. The third-order valence-corrected chi connectivity index (χ3v) is 2.75. The van der Waals surface area contributed by atoms with Gasteiger partial charge in [0.15, 0.2) is 0 Å². The van der Waals surface area contributed by atoms with Gasteiger partial charge >= 0.3 is 0 Å². The molecule has 0 atom stereocenters. The number of rotatable bonds is 7. The molecule has 4 heteroatoms. The molecular formula is C13H21N3O. The summed E-state index contributed by atoms with van der Waals surface area (Å²) in [5.41, 5.74) is 7.36. The number of amidine groups is 1. The monoisotopic (exact) mass is 235 g/mol. The predicted molar refractivity (Wildman–Crippen MR) is 70.1 cm³/mol. The second kappa shape index (κ2) is 7.04. The lowest BCUT2D eigenvalue weighted by Crippen LogP contribution is -2.24. The molecule has 0 fully saturated rings. The summed E-state index contributed by atoms with van der Waals surface area (Å²) >= 11 is 0. The van der Waals surface area contributed by atoms with Gasteiger partial charge in [-0.05, 0) is 18.5 Å². The fourth-order valence-corrected chi connectivity index (χ4v) is 1.69. The van der Waals surface area contributed by atoms with Crippen molar-refractivity contribution in [1.29, 1.82) is 5.41 Å². The lowest BCUT2D eigenvalue weighted by molar-refractivity contribution is 0.225. The molecule has 4 nitrogen and oxygen atoms in total. The van der Waals surface area contributed by atoms with Crippen LogP contribution < -0.4 is 5.73 Å². The summed E-state index contributed by atoms with van der Waals surface area (Å²) in [4.78, 5) is 2.28. The van der Waals surface area contributed by atoms with E-state index >= 15 is 0 Å². The summed E-state index contributed by atoms with van der Waals surface area (Å²) in [7, 11) is 0. The molecule has 1 rings (SSSR count). The van der Waals surface area contributed by atoms with E-state index in [4.69, 9.17) is 16.2 Å². The molecular weight excluding hydrogens is 214 g/mol. The van der Waals surface area contributed by atoms with Gasteiger partial charge < -0.3 is 10.8 Å². The third kappa shape index (κ3) is 4.54. The minimum Gasteiger partial charge on any atom is -0.396 e. The molecule has 0 aliphatic heterocycles. The van der Waals surface area contributed by atoms with Crippen LogP contribution in [-0.4, -0.2) is 35.5 Å². The fourth-order valence-electron chi connectivity index (χ4n) is 1.69. The van der Waals surface area contributed by atoms with Gasteiger partial charge in [0, 0.05) is 25.3 Å². The van der Waals surface area contributed by atoms with E-state index in [2.05, 4.69) is 11.8 Å². The lowest BCUT2D eigenvalue weighted by Gasteiger charge is -2.20. The number of benzene rings is 1. The second-order valence-corrected chi connectivity index (χ2v) is 4.06. The predicted octanol–water partition coefficient (Wildman–Crippen LogP) is 1.17. The van der Waals surface area contributed by atoms with Gasteiger partial charge in [0.1, 0.15) is 5.84 Å². The number of aliphatic hydroxyl groups is 1. The molecule has 0 bridgehead atoms. The Morgan fingerprint density at radius 2 is 2.00 bits per heavy atom. The molecule has 0 spiro atoms. The van der Waals surface area contributed by atoms with Crippen LogP contribution in [0.25, 0.3) is 0 Å². The highest BCUT2D eigenvalue weighted by Crippen LogP contribution is 2.07. The van der Waals surface area contributed by atoms with Crippen molar-refractivity contribution < 1.29 is 5.11 Å². The van der Waals surface area contributed by atoms with Gasteiger partial charge in [-0.3, -0.25) is 10.3 Å². The van der Waals surface area contributed by atoms with Gasteiger partial charge in [0.05, 0.1) is 0 Å². The van der Waals surface area contributed by atoms with Crippen LogP contribution in [0.1, 0.15) is 24.5 Å². The zero-order chi connectivity index (χ0) is 12.7. The van der Waals surface area contributed by atoms with Crippen LogP contribution in [0, 0.1) is 5.41 Å². The highest BCUT2D eigenvalue weighted by atomic mass is 16.3. The van der Waals surface area contributed by atoms with E-state index in [0.29, 0.717) is 0 Å².